The lowest BCUT2D eigenvalue weighted by molar-refractivity contribution is -0.395. The fourth-order valence-corrected chi connectivity index (χ4v) is 1.81. The lowest BCUT2D eigenvalue weighted by atomic mass is 10.3. The van der Waals surface area contributed by atoms with Gasteiger partial charge in [0.1, 0.15) is 19.5 Å². The Balaban J connectivity index is 4.50. The molecule has 0 aliphatic heterocycles. The van der Waals surface area contributed by atoms with E-state index in [0.29, 0.717) is 33.0 Å². The maximum absolute atomic E-state index is 10.2. The van der Waals surface area contributed by atoms with Crippen molar-refractivity contribution in [2.24, 2.45) is 0 Å². The van der Waals surface area contributed by atoms with Gasteiger partial charge >= 0.3 is 5.97 Å². The molecule has 6 nitrogen and oxygen atoms in total. The first-order valence-corrected chi connectivity index (χ1v) is 9.25. The largest absolute Gasteiger partial charge is 0.372 e. The highest BCUT2D eigenvalue weighted by Gasteiger charge is 2.34. The normalized spacial score (nSPS) is 11.8. The summed E-state index contributed by atoms with van der Waals surface area (Å²) in [5.74, 6) is -1.15. The van der Waals surface area contributed by atoms with Crippen LogP contribution >= 0.6 is 0 Å². The van der Waals surface area contributed by atoms with Crippen LogP contribution in [0.5, 0.6) is 0 Å². The van der Waals surface area contributed by atoms with Crippen molar-refractivity contribution >= 4 is 6.29 Å². The number of carbonyl (C=O) groups is 1. The number of ether oxygens (including phenoxy) is 5. The highest BCUT2D eigenvalue weighted by atomic mass is 16.9. The number of aldehydes is 1. The van der Waals surface area contributed by atoms with Gasteiger partial charge in [0.05, 0.1) is 33.0 Å². The highest BCUT2D eigenvalue weighted by molar-refractivity contribution is 5.50. The molecule has 24 heavy (non-hydrogen) atoms. The summed E-state index contributed by atoms with van der Waals surface area (Å²) in [6.45, 7) is 9.04. The topological polar surface area (TPSA) is 63.2 Å². The van der Waals surface area contributed by atoms with Gasteiger partial charge in [-0.1, -0.05) is 40.0 Å². The van der Waals surface area contributed by atoms with Gasteiger partial charge in [-0.2, -0.15) is 0 Å². The average molecular weight is 348 g/mol. The predicted molar refractivity (Wildman–Crippen MR) is 93.0 cm³/mol. The van der Waals surface area contributed by atoms with Crippen molar-refractivity contribution in [2.45, 2.75) is 65.3 Å². The van der Waals surface area contributed by atoms with E-state index in [4.69, 9.17) is 23.7 Å². The van der Waals surface area contributed by atoms with Gasteiger partial charge in [-0.05, 0) is 19.3 Å². The van der Waals surface area contributed by atoms with Crippen molar-refractivity contribution in [3.8, 4) is 0 Å². The predicted octanol–water partition coefficient (Wildman–Crippen LogP) is 3.32. The van der Waals surface area contributed by atoms with Crippen LogP contribution in [-0.4, -0.2) is 58.5 Å². The molecule has 0 bridgehead atoms. The molecule has 6 heteroatoms. The van der Waals surface area contributed by atoms with Crippen LogP contribution in [0.2, 0.25) is 0 Å². The van der Waals surface area contributed by atoms with E-state index in [1.807, 2.05) is 0 Å². The second-order valence-corrected chi connectivity index (χ2v) is 5.58. The highest BCUT2D eigenvalue weighted by Crippen LogP contribution is 2.19. The molecule has 0 amide bonds. The van der Waals surface area contributed by atoms with Gasteiger partial charge < -0.3 is 28.5 Å². The zero-order valence-corrected chi connectivity index (χ0v) is 15.7. The molecule has 0 saturated heterocycles. The Bertz CT molecular complexity index is 246. The molecule has 0 aromatic heterocycles. The maximum Gasteiger partial charge on any atom is 0.307 e. The molecule has 0 aromatic rings. The number of hydrogen-bond donors (Lipinski definition) is 0. The SMILES string of the molecule is CCCCOC(COCCOCC=O)(OCCCC)OCCCC. The van der Waals surface area contributed by atoms with Gasteiger partial charge in [-0.3, -0.25) is 0 Å². The van der Waals surface area contributed by atoms with Gasteiger partial charge in [0.2, 0.25) is 0 Å². The third-order valence-electron chi connectivity index (χ3n) is 3.30. The number of unbranched alkanes of at least 4 members (excludes halogenated alkanes) is 3. The van der Waals surface area contributed by atoms with Gasteiger partial charge in [-0.25, -0.2) is 0 Å². The molecular weight excluding hydrogens is 312 g/mol. The Hall–Kier alpha value is -0.530. The smallest absolute Gasteiger partial charge is 0.307 e. The summed E-state index contributed by atoms with van der Waals surface area (Å²) >= 11 is 0. The van der Waals surface area contributed by atoms with E-state index in [2.05, 4.69) is 20.8 Å². The minimum absolute atomic E-state index is 0.0848. The molecule has 0 aromatic carbocycles. The van der Waals surface area contributed by atoms with Crippen molar-refractivity contribution in [3.63, 3.8) is 0 Å². The molecule has 0 aliphatic rings. The van der Waals surface area contributed by atoms with E-state index in [1.54, 1.807) is 0 Å². The fraction of sp³-hybridized carbons (Fsp3) is 0.944. The monoisotopic (exact) mass is 348 g/mol. The molecule has 0 saturated carbocycles. The molecule has 0 atom stereocenters. The molecule has 0 fully saturated rings. The quantitative estimate of drug-likeness (QED) is 0.203. The van der Waals surface area contributed by atoms with Crippen molar-refractivity contribution in [3.05, 3.63) is 0 Å². The first-order valence-electron chi connectivity index (χ1n) is 9.25. The van der Waals surface area contributed by atoms with E-state index in [1.165, 1.54) is 0 Å². The second-order valence-electron chi connectivity index (χ2n) is 5.58. The lowest BCUT2D eigenvalue weighted by Gasteiger charge is -2.33. The Morgan fingerprint density at radius 2 is 1.17 bits per heavy atom. The van der Waals surface area contributed by atoms with Crippen molar-refractivity contribution in [2.75, 3.05) is 46.2 Å². The minimum Gasteiger partial charge on any atom is -0.372 e. The van der Waals surface area contributed by atoms with Gasteiger partial charge in [0.15, 0.2) is 0 Å². The van der Waals surface area contributed by atoms with Gasteiger partial charge in [-0.15, -0.1) is 0 Å². The second kappa shape index (κ2) is 17.3. The van der Waals surface area contributed by atoms with Crippen LogP contribution in [0.4, 0.5) is 0 Å². The lowest BCUT2D eigenvalue weighted by Crippen LogP contribution is -2.45. The van der Waals surface area contributed by atoms with Crippen LogP contribution < -0.4 is 0 Å². The average Bonchev–Trinajstić information content (AvgIpc) is 2.58. The zero-order valence-electron chi connectivity index (χ0n) is 15.7. The summed E-state index contributed by atoms with van der Waals surface area (Å²) in [7, 11) is 0. The van der Waals surface area contributed by atoms with Crippen LogP contribution in [0, 0.1) is 0 Å². The van der Waals surface area contributed by atoms with Crippen LogP contribution in [0.1, 0.15) is 59.3 Å². The van der Waals surface area contributed by atoms with Crippen LogP contribution in [-0.2, 0) is 28.5 Å². The third kappa shape index (κ3) is 12.8. The maximum atomic E-state index is 10.2. The van der Waals surface area contributed by atoms with Crippen molar-refractivity contribution in [1.29, 1.82) is 0 Å². The van der Waals surface area contributed by atoms with E-state index < -0.39 is 5.97 Å². The molecule has 144 valence electrons. The van der Waals surface area contributed by atoms with Crippen molar-refractivity contribution in [1.82, 2.24) is 0 Å². The number of rotatable bonds is 19. The van der Waals surface area contributed by atoms with Gasteiger partial charge in [0.25, 0.3) is 0 Å². The molecule has 0 aliphatic carbocycles. The molecule has 0 rings (SSSR count). The van der Waals surface area contributed by atoms with Crippen LogP contribution in [0.25, 0.3) is 0 Å². The van der Waals surface area contributed by atoms with Crippen molar-refractivity contribution < 1.29 is 28.5 Å². The van der Waals surface area contributed by atoms with E-state index >= 15 is 0 Å². The Labute approximate surface area is 147 Å². The Morgan fingerprint density at radius 3 is 1.58 bits per heavy atom. The first kappa shape index (κ1) is 23.5. The molecule has 0 radical (unpaired) electrons. The standard InChI is InChI=1S/C18H36O6/c1-4-7-11-22-18(23-12-8-5-2,24-13-9-6-3)17-21-16-15-20-14-10-19/h10H,4-9,11-17H2,1-3H3. The van der Waals surface area contributed by atoms with E-state index in [0.717, 1.165) is 44.8 Å². The molecular formula is C18H36O6. The number of hydrogen-bond acceptors (Lipinski definition) is 6. The van der Waals surface area contributed by atoms with Gasteiger partial charge in [0, 0.05) is 0 Å². The molecule has 0 heterocycles. The first-order chi connectivity index (χ1) is 11.7. The summed E-state index contributed by atoms with van der Waals surface area (Å²) in [5.41, 5.74) is 0. The van der Waals surface area contributed by atoms with E-state index in [-0.39, 0.29) is 13.2 Å². The zero-order chi connectivity index (χ0) is 17.9. The Morgan fingerprint density at radius 1 is 0.708 bits per heavy atom. The minimum atomic E-state index is -1.15. The van der Waals surface area contributed by atoms with Crippen LogP contribution in [0.3, 0.4) is 0 Å². The summed E-state index contributed by atoms with van der Waals surface area (Å²) in [4.78, 5) is 10.2. The summed E-state index contributed by atoms with van der Waals surface area (Å²) in [6.07, 6.45) is 6.68. The summed E-state index contributed by atoms with van der Waals surface area (Å²) in [6, 6.07) is 0. The third-order valence-corrected chi connectivity index (χ3v) is 3.30. The van der Waals surface area contributed by atoms with Crippen LogP contribution in [0.15, 0.2) is 0 Å². The Kier molecular flexibility index (Phi) is 16.9. The fourth-order valence-electron chi connectivity index (χ4n) is 1.81. The summed E-state index contributed by atoms with van der Waals surface area (Å²) < 4.78 is 28.5. The molecule has 0 unspecified atom stereocenters. The molecule has 0 N–H and O–H groups in total. The molecule has 0 spiro atoms. The number of carbonyl (C=O) groups excluding carboxylic acids is 1. The van der Waals surface area contributed by atoms with E-state index in [9.17, 15) is 4.79 Å². The summed E-state index contributed by atoms with van der Waals surface area (Å²) in [5, 5.41) is 0.